The van der Waals surface area contributed by atoms with E-state index < -0.39 is 0 Å². The number of carbonyl (C=O) groups excluding carboxylic acids is 1. The molecule has 0 N–H and O–H groups in total. The van der Waals surface area contributed by atoms with Crippen molar-refractivity contribution >= 4 is 23.3 Å². The van der Waals surface area contributed by atoms with Crippen LogP contribution in [0.1, 0.15) is 51.7 Å². The monoisotopic (exact) mass is 471 g/mol. The molecule has 0 unspecified atom stereocenters. The number of aryl methyl sites for hydroxylation is 4. The van der Waals surface area contributed by atoms with E-state index in [1.807, 2.05) is 68.1 Å². The van der Waals surface area contributed by atoms with Gasteiger partial charge in [-0.25, -0.2) is 9.97 Å². The van der Waals surface area contributed by atoms with E-state index in [0.29, 0.717) is 29.8 Å². The summed E-state index contributed by atoms with van der Waals surface area (Å²) in [5.74, 6) is 1.01. The molecule has 7 heteroatoms. The summed E-state index contributed by atoms with van der Waals surface area (Å²) in [7, 11) is 0. The molecule has 172 valence electrons. The van der Waals surface area contributed by atoms with Gasteiger partial charge in [0.05, 0.1) is 12.2 Å². The van der Waals surface area contributed by atoms with Crippen LogP contribution in [-0.4, -0.2) is 25.7 Å². The van der Waals surface area contributed by atoms with E-state index in [9.17, 15) is 4.79 Å². The number of carbonyl (C=O) groups is 1. The molecule has 0 spiro atoms. The first-order chi connectivity index (χ1) is 16.3. The number of rotatable bonds is 4. The van der Waals surface area contributed by atoms with Gasteiger partial charge in [-0.3, -0.25) is 9.69 Å². The Balaban J connectivity index is 1.74. The number of hydrogen-bond donors (Lipinski definition) is 0. The van der Waals surface area contributed by atoms with Crippen LogP contribution in [0.15, 0.2) is 54.6 Å². The number of nitrogens with zero attached hydrogens (tertiary/aromatic N) is 5. The number of benzene rings is 2. The lowest BCUT2D eigenvalue weighted by Crippen LogP contribution is -2.38. The predicted molar refractivity (Wildman–Crippen MR) is 134 cm³/mol. The maximum atomic E-state index is 13.7. The molecule has 3 heterocycles. The summed E-state index contributed by atoms with van der Waals surface area (Å²) in [5, 5.41) is 5.50. The standard InChI is InChI=1S/C27H26ClN5O/c1-16-9-5-6-10-20(16)15-32-24(34)14-22(21-11-7-8-12-23(21)28)25-19(4)31-33(26(25)32)27-29-17(2)13-18(3)30-27/h5-13,22H,14-15H2,1-4H3/t22-/m0/s1. The summed E-state index contributed by atoms with van der Waals surface area (Å²) in [5.41, 5.74) is 6.67. The van der Waals surface area contributed by atoms with Gasteiger partial charge in [-0.2, -0.15) is 9.78 Å². The topological polar surface area (TPSA) is 63.9 Å². The zero-order chi connectivity index (χ0) is 24.0. The van der Waals surface area contributed by atoms with Crippen LogP contribution >= 0.6 is 11.6 Å². The molecule has 2 aromatic carbocycles. The summed E-state index contributed by atoms with van der Waals surface area (Å²) in [6.07, 6.45) is 0.322. The fourth-order valence-electron chi connectivity index (χ4n) is 4.79. The van der Waals surface area contributed by atoms with E-state index >= 15 is 0 Å². The summed E-state index contributed by atoms with van der Waals surface area (Å²) in [4.78, 5) is 24.8. The van der Waals surface area contributed by atoms with Gasteiger partial charge in [0.25, 0.3) is 5.95 Å². The molecular weight excluding hydrogens is 446 g/mol. The number of hydrogen-bond acceptors (Lipinski definition) is 4. The Morgan fingerprint density at radius 1 is 0.971 bits per heavy atom. The molecule has 0 aliphatic carbocycles. The summed E-state index contributed by atoms with van der Waals surface area (Å²) >= 11 is 6.60. The van der Waals surface area contributed by atoms with Gasteiger partial charge in [-0.15, -0.1) is 0 Å². The van der Waals surface area contributed by atoms with Crippen molar-refractivity contribution < 1.29 is 4.79 Å². The van der Waals surface area contributed by atoms with Crippen molar-refractivity contribution in [3.63, 3.8) is 0 Å². The second kappa shape index (κ2) is 8.69. The average Bonchev–Trinajstić information content (AvgIpc) is 3.14. The quantitative estimate of drug-likeness (QED) is 0.387. The van der Waals surface area contributed by atoms with Gasteiger partial charge in [0, 0.05) is 34.3 Å². The van der Waals surface area contributed by atoms with Crippen molar-refractivity contribution in [2.45, 2.75) is 46.6 Å². The van der Waals surface area contributed by atoms with Crippen LogP contribution in [0, 0.1) is 27.7 Å². The maximum Gasteiger partial charge on any atom is 0.252 e. The van der Waals surface area contributed by atoms with Gasteiger partial charge in [-0.05, 0) is 56.5 Å². The van der Waals surface area contributed by atoms with Crippen LogP contribution in [0.3, 0.4) is 0 Å². The minimum Gasteiger partial charge on any atom is -0.292 e. The zero-order valence-corrected chi connectivity index (χ0v) is 20.5. The third kappa shape index (κ3) is 3.88. The largest absolute Gasteiger partial charge is 0.292 e. The third-order valence-electron chi connectivity index (χ3n) is 6.40. The Morgan fingerprint density at radius 3 is 2.35 bits per heavy atom. The minimum atomic E-state index is -0.191. The van der Waals surface area contributed by atoms with Crippen molar-refractivity contribution in [3.8, 4) is 5.95 Å². The summed E-state index contributed by atoms with van der Waals surface area (Å²) < 4.78 is 1.73. The van der Waals surface area contributed by atoms with E-state index in [0.717, 1.165) is 39.3 Å². The van der Waals surface area contributed by atoms with E-state index in [1.54, 1.807) is 4.68 Å². The molecule has 0 saturated heterocycles. The Hall–Kier alpha value is -3.51. The molecule has 1 aliphatic rings. The number of halogens is 1. The van der Waals surface area contributed by atoms with Gasteiger partial charge < -0.3 is 0 Å². The lowest BCUT2D eigenvalue weighted by atomic mass is 9.85. The second-order valence-electron chi connectivity index (χ2n) is 8.87. The van der Waals surface area contributed by atoms with Crippen LogP contribution < -0.4 is 4.90 Å². The van der Waals surface area contributed by atoms with E-state index in [4.69, 9.17) is 16.7 Å². The van der Waals surface area contributed by atoms with Crippen LogP contribution in [0.2, 0.25) is 5.02 Å². The highest BCUT2D eigenvalue weighted by Gasteiger charge is 2.39. The lowest BCUT2D eigenvalue weighted by Gasteiger charge is -2.33. The molecule has 1 atom stereocenters. The first-order valence-electron chi connectivity index (χ1n) is 11.3. The molecule has 4 aromatic rings. The molecule has 0 saturated carbocycles. The highest BCUT2D eigenvalue weighted by molar-refractivity contribution is 6.31. The Bertz CT molecular complexity index is 1390. The fraction of sp³-hybridized carbons (Fsp3) is 0.259. The van der Waals surface area contributed by atoms with Gasteiger partial charge in [-0.1, -0.05) is 54.1 Å². The van der Waals surface area contributed by atoms with Crippen LogP contribution in [0.4, 0.5) is 5.82 Å². The smallest absolute Gasteiger partial charge is 0.252 e. The molecule has 1 aliphatic heterocycles. The molecular formula is C27H26ClN5O. The van der Waals surface area contributed by atoms with E-state index in [-0.39, 0.29) is 11.8 Å². The fourth-order valence-corrected chi connectivity index (χ4v) is 5.05. The van der Waals surface area contributed by atoms with Crippen molar-refractivity contribution in [1.29, 1.82) is 0 Å². The van der Waals surface area contributed by atoms with Crippen LogP contribution in [0.5, 0.6) is 0 Å². The minimum absolute atomic E-state index is 0.0196. The first kappa shape index (κ1) is 22.3. The molecule has 0 fully saturated rings. The van der Waals surface area contributed by atoms with Crippen molar-refractivity contribution in [2.75, 3.05) is 4.90 Å². The number of amides is 1. The molecule has 2 aromatic heterocycles. The normalized spacial score (nSPS) is 15.5. The molecule has 34 heavy (non-hydrogen) atoms. The Morgan fingerprint density at radius 2 is 1.65 bits per heavy atom. The van der Waals surface area contributed by atoms with Crippen molar-refractivity contribution in [3.05, 3.63) is 99.0 Å². The molecule has 1 amide bonds. The first-order valence-corrected chi connectivity index (χ1v) is 11.7. The number of anilines is 1. The van der Waals surface area contributed by atoms with Crippen LogP contribution in [-0.2, 0) is 11.3 Å². The Labute approximate surface area is 204 Å². The maximum absolute atomic E-state index is 13.7. The molecule has 6 nitrogen and oxygen atoms in total. The van der Waals surface area contributed by atoms with Gasteiger partial charge in [0.15, 0.2) is 0 Å². The van der Waals surface area contributed by atoms with E-state index in [1.165, 1.54) is 0 Å². The Kier molecular flexibility index (Phi) is 5.70. The lowest BCUT2D eigenvalue weighted by molar-refractivity contribution is -0.119. The zero-order valence-electron chi connectivity index (χ0n) is 19.7. The summed E-state index contributed by atoms with van der Waals surface area (Å²) in [6, 6.07) is 17.8. The van der Waals surface area contributed by atoms with Gasteiger partial charge in [0.1, 0.15) is 5.82 Å². The highest BCUT2D eigenvalue weighted by Crippen LogP contribution is 2.45. The summed E-state index contributed by atoms with van der Waals surface area (Å²) in [6.45, 7) is 8.35. The van der Waals surface area contributed by atoms with E-state index in [2.05, 4.69) is 29.0 Å². The molecule has 5 rings (SSSR count). The van der Waals surface area contributed by atoms with Crippen LogP contribution in [0.25, 0.3) is 5.95 Å². The highest BCUT2D eigenvalue weighted by atomic mass is 35.5. The van der Waals surface area contributed by atoms with Crippen molar-refractivity contribution in [2.24, 2.45) is 0 Å². The SMILES string of the molecule is Cc1cc(C)nc(-n2nc(C)c3c2N(Cc2ccccc2C)C(=O)C[C@H]3c2ccccc2Cl)n1. The average molecular weight is 472 g/mol. The third-order valence-corrected chi connectivity index (χ3v) is 6.74. The van der Waals surface area contributed by atoms with Crippen molar-refractivity contribution in [1.82, 2.24) is 19.7 Å². The molecule has 0 bridgehead atoms. The second-order valence-corrected chi connectivity index (χ2v) is 9.28. The number of aromatic nitrogens is 4. The molecule has 0 radical (unpaired) electrons. The predicted octanol–water partition coefficient (Wildman–Crippen LogP) is 5.62. The number of fused-ring (bicyclic) bond motifs is 1. The van der Waals surface area contributed by atoms with Gasteiger partial charge in [0.2, 0.25) is 5.91 Å². The van der Waals surface area contributed by atoms with Gasteiger partial charge >= 0.3 is 0 Å².